The number of aryl methyl sites for hydroxylation is 1. The summed E-state index contributed by atoms with van der Waals surface area (Å²) in [6.45, 7) is 18.7. The average molecular weight is 886 g/mol. The number of nitrogens with zero attached hydrogens (tertiary/aromatic N) is 5. The topological polar surface area (TPSA) is 138 Å². The highest BCUT2D eigenvalue weighted by Gasteiger charge is 2.55. The van der Waals surface area contributed by atoms with Gasteiger partial charge in [-0.15, -0.1) is 0 Å². The number of benzene rings is 2. The van der Waals surface area contributed by atoms with Crippen molar-refractivity contribution in [3.63, 3.8) is 0 Å². The molecule has 3 fully saturated rings. The van der Waals surface area contributed by atoms with Crippen molar-refractivity contribution in [2.24, 2.45) is 17.3 Å². The van der Waals surface area contributed by atoms with Gasteiger partial charge in [0.25, 0.3) is 5.91 Å². The Morgan fingerprint density at radius 3 is 2.55 bits per heavy atom. The van der Waals surface area contributed by atoms with Crippen LogP contribution < -0.4 is 10.7 Å². The molecule has 4 aromatic rings. The largest absolute Gasteiger partial charge is 0.464 e. The standard InChI is InChI=1S/C52H67N7O6/c1-10-44(60)57-29-52(30-57)22-21-43(56(52)8)45(32(3)4)48(61)54-41-26-34-15-12-16-35(25-34)36-19-20-42-38(27-36)39(47(58(42)11-2)37-17-13-23-53-46(37)33(5)64-9)28-51(6,7)31-65-50(63)40-18-14-24-59(55-40)49(41)62/h10,12-13,15-17,19-20,23,25,27,32-33,40-41,43,45,55H,1,11,14,18,21-22,24,26,28-31H2,2-9H3,(H,54,61)/t33-,40-,41-,43-,45+/m0/s1. The first-order chi connectivity index (χ1) is 31.1. The number of amides is 3. The molecule has 4 aliphatic heterocycles. The second-order valence-electron chi connectivity index (χ2n) is 20.0. The van der Waals surface area contributed by atoms with Gasteiger partial charge in [0.15, 0.2) is 0 Å². The lowest BCUT2D eigenvalue weighted by Crippen LogP contribution is -2.69. The van der Waals surface area contributed by atoms with Gasteiger partial charge in [0.1, 0.15) is 12.1 Å². The second kappa shape index (κ2) is 18.5. The summed E-state index contributed by atoms with van der Waals surface area (Å²) >= 11 is 0. The van der Waals surface area contributed by atoms with Gasteiger partial charge in [-0.05, 0) is 112 Å². The van der Waals surface area contributed by atoms with E-state index >= 15 is 0 Å². The third kappa shape index (κ3) is 8.87. The molecule has 4 aliphatic rings. The number of fused-ring (bicyclic) bond motifs is 6. The minimum atomic E-state index is -0.914. The zero-order valence-corrected chi connectivity index (χ0v) is 39.5. The van der Waals surface area contributed by atoms with Crippen molar-refractivity contribution in [2.75, 3.05) is 40.4 Å². The van der Waals surface area contributed by atoms with Crippen molar-refractivity contribution in [3.05, 3.63) is 90.3 Å². The van der Waals surface area contributed by atoms with Gasteiger partial charge in [0, 0.05) is 73.8 Å². The fourth-order valence-electron chi connectivity index (χ4n) is 11.1. The first kappa shape index (κ1) is 46.2. The second-order valence-corrected chi connectivity index (χ2v) is 20.0. The highest BCUT2D eigenvalue weighted by Crippen LogP contribution is 2.44. The molecule has 6 bridgehead atoms. The Labute approximate surface area is 383 Å². The third-order valence-corrected chi connectivity index (χ3v) is 14.7. The molecule has 0 radical (unpaired) electrons. The normalized spacial score (nSPS) is 23.2. The van der Waals surface area contributed by atoms with Crippen LogP contribution in [0.15, 0.2) is 73.4 Å². The lowest BCUT2D eigenvalue weighted by atomic mass is 9.84. The van der Waals surface area contributed by atoms with Crippen molar-refractivity contribution >= 4 is 34.6 Å². The number of cyclic esters (lactones) is 1. The minimum Gasteiger partial charge on any atom is -0.464 e. The average Bonchev–Trinajstić information content (AvgIpc) is 3.79. The van der Waals surface area contributed by atoms with Crippen molar-refractivity contribution in [1.29, 1.82) is 0 Å². The third-order valence-electron chi connectivity index (χ3n) is 14.7. The molecule has 0 saturated carbocycles. The van der Waals surface area contributed by atoms with Gasteiger partial charge in [-0.25, -0.2) is 5.43 Å². The smallest absolute Gasteiger partial charge is 0.324 e. The van der Waals surface area contributed by atoms with E-state index in [4.69, 9.17) is 14.5 Å². The van der Waals surface area contributed by atoms with Gasteiger partial charge in [-0.2, -0.15) is 0 Å². The Bertz CT molecular complexity index is 2470. The number of ether oxygens (including phenoxy) is 2. The van der Waals surface area contributed by atoms with Crippen LogP contribution in [-0.4, -0.2) is 112 Å². The molecule has 3 saturated heterocycles. The zero-order chi connectivity index (χ0) is 46.4. The Balaban J connectivity index is 1.18. The molecule has 3 amide bonds. The maximum Gasteiger partial charge on any atom is 0.324 e. The summed E-state index contributed by atoms with van der Waals surface area (Å²) in [5.41, 5.74) is 10.7. The summed E-state index contributed by atoms with van der Waals surface area (Å²) in [5.74, 6) is -1.38. The molecule has 6 heterocycles. The van der Waals surface area contributed by atoms with E-state index in [0.717, 1.165) is 69.5 Å². The fourth-order valence-corrected chi connectivity index (χ4v) is 11.1. The maximum absolute atomic E-state index is 14.8. The number of nitrogens with one attached hydrogen (secondary N) is 2. The molecular weight excluding hydrogens is 819 g/mol. The summed E-state index contributed by atoms with van der Waals surface area (Å²) < 4.78 is 14.4. The van der Waals surface area contributed by atoms with Crippen molar-refractivity contribution < 1.29 is 28.7 Å². The molecule has 2 aromatic carbocycles. The van der Waals surface area contributed by atoms with Gasteiger partial charge in [-0.1, -0.05) is 64.6 Å². The lowest BCUT2D eigenvalue weighted by Gasteiger charge is -2.53. The van der Waals surface area contributed by atoms with Crippen LogP contribution in [0.25, 0.3) is 33.3 Å². The van der Waals surface area contributed by atoms with Gasteiger partial charge < -0.3 is 24.3 Å². The molecule has 0 unspecified atom stereocenters. The Kier molecular flexibility index (Phi) is 13.1. The predicted octanol–water partition coefficient (Wildman–Crippen LogP) is 6.88. The molecule has 65 heavy (non-hydrogen) atoms. The number of pyridine rings is 1. The summed E-state index contributed by atoms with van der Waals surface area (Å²) in [6.07, 6.45) is 6.59. The summed E-state index contributed by atoms with van der Waals surface area (Å²) in [5, 5.41) is 5.89. The van der Waals surface area contributed by atoms with Crippen LogP contribution in [0.4, 0.5) is 0 Å². The van der Waals surface area contributed by atoms with Gasteiger partial charge >= 0.3 is 5.97 Å². The Morgan fingerprint density at radius 2 is 1.83 bits per heavy atom. The van der Waals surface area contributed by atoms with E-state index in [1.807, 2.05) is 31.3 Å². The molecule has 0 aliphatic carbocycles. The number of methoxy groups -OCH3 is 1. The number of esters is 1. The van der Waals surface area contributed by atoms with Crippen LogP contribution in [0.5, 0.6) is 0 Å². The molecule has 8 rings (SSSR count). The predicted molar refractivity (Wildman–Crippen MR) is 252 cm³/mol. The number of aromatic nitrogens is 2. The van der Waals surface area contributed by atoms with E-state index in [0.29, 0.717) is 38.9 Å². The monoisotopic (exact) mass is 886 g/mol. The van der Waals surface area contributed by atoms with Crippen LogP contribution in [-0.2, 0) is 48.0 Å². The lowest BCUT2D eigenvalue weighted by molar-refractivity contribution is -0.155. The fraction of sp³-hybridized carbons (Fsp3) is 0.519. The highest BCUT2D eigenvalue weighted by molar-refractivity contribution is 5.95. The number of rotatable bonds is 9. The number of carbonyl (C=O) groups excluding carboxylic acids is 4. The van der Waals surface area contributed by atoms with E-state index in [1.54, 1.807) is 12.0 Å². The number of likely N-dealkylation sites (tertiary alicyclic amines) is 2. The highest BCUT2D eigenvalue weighted by atomic mass is 16.5. The summed E-state index contributed by atoms with van der Waals surface area (Å²) in [7, 11) is 3.77. The number of carbonyl (C=O) groups is 4. The van der Waals surface area contributed by atoms with Crippen LogP contribution in [0.1, 0.15) is 90.2 Å². The van der Waals surface area contributed by atoms with Crippen LogP contribution in [0, 0.1) is 17.3 Å². The molecule has 13 nitrogen and oxygen atoms in total. The van der Waals surface area contributed by atoms with Gasteiger partial charge in [0.2, 0.25) is 11.8 Å². The van der Waals surface area contributed by atoms with E-state index in [1.165, 1.54) is 11.1 Å². The van der Waals surface area contributed by atoms with Gasteiger partial charge in [0.05, 0.1) is 35.6 Å². The van der Waals surface area contributed by atoms with Gasteiger partial charge in [-0.3, -0.25) is 34.1 Å². The first-order valence-corrected chi connectivity index (χ1v) is 23.5. The molecule has 346 valence electrons. The minimum absolute atomic E-state index is 0.0197. The SMILES string of the molecule is C=CC(=O)N1CC2(CC[C@@H]([C@H](C(=O)N[C@H]3Cc4cccc(c4)-c4ccc5c(c4)c(c(-c4cccnc4[C@H](C)OC)n5CC)CC(C)(C)COC(=O)[C@@H]4CCCN(N4)C3=O)C(C)C)N2C)C1. The molecule has 1 spiro atoms. The zero-order valence-electron chi connectivity index (χ0n) is 39.5. The number of hydrogen-bond acceptors (Lipinski definition) is 9. The maximum atomic E-state index is 14.8. The van der Waals surface area contributed by atoms with E-state index in [9.17, 15) is 19.2 Å². The summed E-state index contributed by atoms with van der Waals surface area (Å²) in [4.78, 5) is 64.8. The molecular formula is C52H67N7O6. The number of hydrazine groups is 1. The Hall–Kier alpha value is -5.37. The number of likely N-dealkylation sites (N-methyl/N-ethyl adjacent to an activating group) is 1. The van der Waals surface area contributed by atoms with E-state index in [2.05, 4.69) is 105 Å². The molecule has 5 atom stereocenters. The molecule has 2 aromatic heterocycles. The van der Waals surface area contributed by atoms with E-state index in [-0.39, 0.29) is 54.4 Å². The van der Waals surface area contributed by atoms with Crippen molar-refractivity contribution in [1.82, 2.24) is 35.1 Å². The first-order valence-electron chi connectivity index (χ1n) is 23.5. The quantitative estimate of drug-likeness (QED) is 0.136. The molecule has 2 N–H and O–H groups in total. The van der Waals surface area contributed by atoms with Crippen LogP contribution in [0.2, 0.25) is 0 Å². The van der Waals surface area contributed by atoms with Crippen LogP contribution >= 0.6 is 0 Å². The van der Waals surface area contributed by atoms with Crippen molar-refractivity contribution in [2.45, 2.75) is 116 Å². The molecule has 13 heteroatoms. The van der Waals surface area contributed by atoms with Crippen LogP contribution in [0.3, 0.4) is 0 Å². The Morgan fingerprint density at radius 1 is 1.06 bits per heavy atom. The van der Waals surface area contributed by atoms with E-state index < -0.39 is 29.4 Å². The van der Waals surface area contributed by atoms with Crippen molar-refractivity contribution in [3.8, 4) is 22.4 Å². The number of hydrogen-bond donors (Lipinski definition) is 2. The summed E-state index contributed by atoms with van der Waals surface area (Å²) in [6, 6.07) is 17.3.